The molecule has 8 nitrogen and oxygen atoms in total. The first-order chi connectivity index (χ1) is 23.2. The number of sulfonamides is 1. The van der Waals surface area contributed by atoms with Crippen LogP contribution < -0.4 is 14.4 Å². The Morgan fingerprint density at radius 3 is 2.12 bits per heavy atom. The average Bonchev–Trinajstić information content (AvgIpc) is 3.11. The van der Waals surface area contributed by atoms with Crippen LogP contribution in [-0.2, 0) is 32.6 Å². The van der Waals surface area contributed by atoms with Crippen molar-refractivity contribution in [1.82, 2.24) is 10.2 Å². The van der Waals surface area contributed by atoms with Crippen LogP contribution in [0.3, 0.4) is 0 Å². The van der Waals surface area contributed by atoms with Crippen molar-refractivity contribution >= 4 is 50.7 Å². The fourth-order valence-electron chi connectivity index (χ4n) is 5.97. The van der Waals surface area contributed by atoms with Crippen molar-refractivity contribution in [1.29, 1.82) is 0 Å². The summed E-state index contributed by atoms with van der Waals surface area (Å²) in [5, 5.41) is 3.85. The Balaban J connectivity index is 1.59. The maximum Gasteiger partial charge on any atom is 0.264 e. The highest BCUT2D eigenvalue weighted by atomic mass is 35.5. The molecule has 0 spiro atoms. The fraction of sp³-hybridized carbons (Fsp3) is 0.297. The topological polar surface area (TPSA) is 96.0 Å². The number of nitrogens with zero attached hydrogens (tertiary/aromatic N) is 2. The lowest BCUT2D eigenvalue weighted by molar-refractivity contribution is -0.140. The van der Waals surface area contributed by atoms with Crippen LogP contribution in [0.25, 0.3) is 0 Å². The van der Waals surface area contributed by atoms with Gasteiger partial charge in [-0.1, -0.05) is 103 Å². The number of rotatable bonds is 13. The Kier molecular flexibility index (Phi) is 12.0. The lowest BCUT2D eigenvalue weighted by Gasteiger charge is -2.35. The minimum absolute atomic E-state index is 0.0113. The number of hydrogen-bond donors (Lipinski definition) is 1. The molecule has 1 fully saturated rings. The van der Waals surface area contributed by atoms with Crippen LogP contribution in [0.2, 0.25) is 10.0 Å². The number of hydrogen-bond acceptors (Lipinski definition) is 5. The van der Waals surface area contributed by atoms with E-state index in [4.69, 9.17) is 27.9 Å². The highest BCUT2D eigenvalue weighted by Gasteiger charge is 2.36. The molecule has 4 aromatic rings. The van der Waals surface area contributed by atoms with Gasteiger partial charge in [-0.15, -0.1) is 0 Å². The number of anilines is 1. The van der Waals surface area contributed by atoms with Crippen molar-refractivity contribution in [2.24, 2.45) is 0 Å². The average molecular weight is 709 g/mol. The second-order valence-corrected chi connectivity index (χ2v) is 14.5. The number of carbonyl (C=O) groups is 2. The minimum atomic E-state index is -4.25. The zero-order chi connectivity index (χ0) is 34.1. The molecule has 0 heterocycles. The van der Waals surface area contributed by atoms with Crippen molar-refractivity contribution in [3.63, 3.8) is 0 Å². The second kappa shape index (κ2) is 16.4. The quantitative estimate of drug-likeness (QED) is 0.158. The van der Waals surface area contributed by atoms with E-state index in [9.17, 15) is 18.0 Å². The van der Waals surface area contributed by atoms with Gasteiger partial charge in [-0.05, 0) is 54.8 Å². The number of ether oxygens (including phenoxy) is 1. The molecule has 0 unspecified atom stereocenters. The van der Waals surface area contributed by atoms with E-state index >= 15 is 0 Å². The summed E-state index contributed by atoms with van der Waals surface area (Å²) >= 11 is 13.2. The standard InChI is InChI=1S/C37H39Cl2N3O5S/c1-47-30-18-11-17-29(24-30)42(48(45,46)31-19-9-4-10-20-31)26-36(43)41(25-32-33(38)21-12-22-34(32)39)35(23-27-13-5-2-6-14-27)37(44)40-28-15-7-3-8-16-28/h2,4-6,9-14,17-22,24,28,35H,3,7-8,15-16,23,25-26H2,1H3,(H,40,44)/t35-/m0/s1. The first-order valence-corrected chi connectivity index (χ1v) is 18.2. The van der Waals surface area contributed by atoms with Gasteiger partial charge in [-0.2, -0.15) is 0 Å². The van der Waals surface area contributed by atoms with Gasteiger partial charge >= 0.3 is 0 Å². The third kappa shape index (κ3) is 8.69. The van der Waals surface area contributed by atoms with Gasteiger partial charge < -0.3 is 15.0 Å². The summed E-state index contributed by atoms with van der Waals surface area (Å²) in [7, 11) is -2.77. The maximum absolute atomic E-state index is 14.7. The maximum atomic E-state index is 14.7. The monoisotopic (exact) mass is 707 g/mol. The summed E-state index contributed by atoms with van der Waals surface area (Å²) in [6, 6.07) is 27.9. The smallest absolute Gasteiger partial charge is 0.264 e. The third-order valence-corrected chi connectivity index (χ3v) is 11.1. The summed E-state index contributed by atoms with van der Waals surface area (Å²) in [6.07, 6.45) is 5.04. The zero-order valence-electron chi connectivity index (χ0n) is 26.7. The van der Waals surface area contributed by atoms with Crippen LogP contribution in [-0.4, -0.2) is 50.9 Å². The molecule has 0 aliphatic heterocycles. The number of carbonyl (C=O) groups excluding carboxylic acids is 2. The van der Waals surface area contributed by atoms with Crippen LogP contribution in [0, 0.1) is 0 Å². The van der Waals surface area contributed by atoms with E-state index in [1.807, 2.05) is 30.3 Å². The molecule has 1 atom stereocenters. The molecule has 4 aromatic carbocycles. The van der Waals surface area contributed by atoms with E-state index in [2.05, 4.69) is 5.32 Å². The third-order valence-electron chi connectivity index (χ3n) is 8.56. The molecular formula is C37H39Cl2N3O5S. The summed E-state index contributed by atoms with van der Waals surface area (Å²) in [5.74, 6) is -0.504. The number of halogens is 2. The van der Waals surface area contributed by atoms with Crippen molar-refractivity contribution in [3.8, 4) is 5.75 Å². The fourth-order valence-corrected chi connectivity index (χ4v) is 7.91. The van der Waals surface area contributed by atoms with Crippen LogP contribution in [0.1, 0.15) is 43.2 Å². The molecule has 0 saturated heterocycles. The lowest BCUT2D eigenvalue weighted by atomic mass is 9.94. The van der Waals surface area contributed by atoms with Gasteiger partial charge in [0.05, 0.1) is 17.7 Å². The summed E-state index contributed by atoms with van der Waals surface area (Å²) < 4.78 is 34.9. The van der Waals surface area contributed by atoms with Gasteiger partial charge in [0, 0.05) is 40.7 Å². The van der Waals surface area contributed by atoms with Gasteiger partial charge in [0.2, 0.25) is 11.8 Å². The number of nitrogens with one attached hydrogen (secondary N) is 1. The zero-order valence-corrected chi connectivity index (χ0v) is 29.1. The van der Waals surface area contributed by atoms with Crippen molar-refractivity contribution < 1.29 is 22.7 Å². The Morgan fingerprint density at radius 2 is 1.48 bits per heavy atom. The molecule has 1 aliphatic carbocycles. The molecule has 1 N–H and O–H groups in total. The Labute approximate surface area is 292 Å². The first-order valence-electron chi connectivity index (χ1n) is 16.0. The van der Waals surface area contributed by atoms with Crippen LogP contribution in [0.4, 0.5) is 5.69 Å². The van der Waals surface area contributed by atoms with E-state index in [0.29, 0.717) is 21.4 Å². The van der Waals surface area contributed by atoms with Gasteiger partial charge in [0.1, 0.15) is 18.3 Å². The molecule has 1 saturated carbocycles. The van der Waals surface area contributed by atoms with Crippen molar-refractivity contribution in [3.05, 3.63) is 124 Å². The van der Waals surface area contributed by atoms with Gasteiger partial charge in [-0.3, -0.25) is 13.9 Å². The molecule has 1 aliphatic rings. The SMILES string of the molecule is COc1cccc(N(CC(=O)N(Cc2c(Cl)cccc2Cl)[C@@H](Cc2ccccc2)C(=O)NC2CCCCC2)S(=O)(=O)c2ccccc2)c1. The first kappa shape index (κ1) is 35.3. The van der Waals surface area contributed by atoms with Crippen LogP contribution in [0.15, 0.2) is 108 Å². The summed E-state index contributed by atoms with van der Waals surface area (Å²) in [6.45, 7) is -0.723. The number of amides is 2. The van der Waals surface area contributed by atoms with E-state index in [-0.39, 0.29) is 35.5 Å². The minimum Gasteiger partial charge on any atom is -0.497 e. The molecule has 11 heteroatoms. The predicted octanol–water partition coefficient (Wildman–Crippen LogP) is 7.29. The molecule has 2 amide bonds. The van der Waals surface area contributed by atoms with E-state index < -0.39 is 28.5 Å². The molecule has 5 rings (SSSR count). The predicted molar refractivity (Wildman–Crippen MR) is 190 cm³/mol. The van der Waals surface area contributed by atoms with E-state index in [1.165, 1.54) is 24.1 Å². The molecule has 48 heavy (non-hydrogen) atoms. The van der Waals surface area contributed by atoms with E-state index in [1.54, 1.807) is 60.7 Å². The molecule has 0 bridgehead atoms. The molecular weight excluding hydrogens is 669 g/mol. The highest BCUT2D eigenvalue weighted by Crippen LogP contribution is 2.30. The second-order valence-electron chi connectivity index (χ2n) is 11.8. The normalized spacial score (nSPS) is 14.1. The molecule has 0 radical (unpaired) electrons. The highest BCUT2D eigenvalue weighted by molar-refractivity contribution is 7.92. The molecule has 252 valence electrons. The van der Waals surface area contributed by atoms with Gasteiger partial charge in [0.25, 0.3) is 10.0 Å². The number of benzene rings is 4. The number of methoxy groups -OCH3 is 1. The summed E-state index contributed by atoms with van der Waals surface area (Å²) in [4.78, 5) is 30.4. The largest absolute Gasteiger partial charge is 0.497 e. The summed E-state index contributed by atoms with van der Waals surface area (Å²) in [5.41, 5.74) is 1.52. The molecule has 0 aromatic heterocycles. The van der Waals surface area contributed by atoms with Gasteiger partial charge in [-0.25, -0.2) is 8.42 Å². The Hall–Kier alpha value is -4.05. The van der Waals surface area contributed by atoms with Crippen LogP contribution >= 0.6 is 23.2 Å². The lowest BCUT2D eigenvalue weighted by Crippen LogP contribution is -2.55. The van der Waals surface area contributed by atoms with Crippen molar-refractivity contribution in [2.75, 3.05) is 18.0 Å². The Morgan fingerprint density at radius 1 is 0.854 bits per heavy atom. The van der Waals surface area contributed by atoms with Gasteiger partial charge in [0.15, 0.2) is 0 Å². The Bertz CT molecular complexity index is 1780. The van der Waals surface area contributed by atoms with Crippen LogP contribution in [0.5, 0.6) is 5.75 Å². The van der Waals surface area contributed by atoms with E-state index in [0.717, 1.165) is 42.0 Å². The van der Waals surface area contributed by atoms with Crippen molar-refractivity contribution in [2.45, 2.75) is 62.0 Å².